The summed E-state index contributed by atoms with van der Waals surface area (Å²) in [7, 11) is -3.01. The lowest BCUT2D eigenvalue weighted by Crippen LogP contribution is -2.50. The molecule has 5 N–H and O–H groups in total. The number of allylic oxidation sites excluding steroid dienone is 3. The molecule has 0 saturated carbocycles. The van der Waals surface area contributed by atoms with Crippen molar-refractivity contribution in [1.29, 1.82) is 0 Å². The minimum atomic E-state index is -4.38. The third-order valence-corrected chi connectivity index (χ3v) is 7.22. The first-order valence-electron chi connectivity index (χ1n) is 11.4. The molecule has 0 spiro atoms. The molecular weight excluding hydrogens is 669 g/mol. The highest BCUT2D eigenvalue weighted by Gasteiger charge is 2.28. The Bertz CT molecular complexity index is 1480. The van der Waals surface area contributed by atoms with E-state index in [1.54, 1.807) is 0 Å². The number of aliphatic imine (C=N–C) groups is 1. The van der Waals surface area contributed by atoms with E-state index in [9.17, 15) is 17.6 Å². The van der Waals surface area contributed by atoms with Crippen LogP contribution in [-0.2, 0) is 21.4 Å². The lowest BCUT2D eigenvalue weighted by molar-refractivity contribution is 0.100. The molecule has 218 valence electrons. The Balaban J connectivity index is 2.48. The molecule has 9 nitrogen and oxygen atoms in total. The summed E-state index contributed by atoms with van der Waals surface area (Å²) in [5.41, 5.74) is 2.01. The summed E-state index contributed by atoms with van der Waals surface area (Å²) in [6.45, 7) is 7.56. The second kappa shape index (κ2) is 13.6. The SMILES string of the molecule is C=N/C(NS(=O)(=O)NC(C)(C)COC)=C(F)\C(=C/C)Cc1cc(C(N)=O)c(Nc2ccc(I)cc2F)c(F)c1F. The Labute approximate surface area is 243 Å². The molecule has 0 atom stereocenters. The Morgan fingerprint density at radius 2 is 1.88 bits per heavy atom. The molecule has 2 aromatic rings. The Kier molecular flexibility index (Phi) is 11.3. The normalized spacial score (nSPS) is 13.1. The maximum Gasteiger partial charge on any atom is 0.300 e. The molecule has 0 fully saturated rings. The quantitative estimate of drug-likeness (QED) is 0.104. The minimum Gasteiger partial charge on any atom is -0.383 e. The number of nitrogens with zero attached hydrogens (tertiary/aromatic N) is 1. The van der Waals surface area contributed by atoms with Gasteiger partial charge in [0.2, 0.25) is 0 Å². The molecule has 0 bridgehead atoms. The zero-order valence-electron chi connectivity index (χ0n) is 22.0. The molecule has 1 amide bonds. The van der Waals surface area contributed by atoms with Crippen molar-refractivity contribution < 1.29 is 35.5 Å². The molecular formula is C25H28F4IN5O4S. The number of primary amides is 1. The van der Waals surface area contributed by atoms with Gasteiger partial charge in [0.15, 0.2) is 23.3 Å². The van der Waals surface area contributed by atoms with Crippen molar-refractivity contribution in [3.05, 3.63) is 79.7 Å². The Morgan fingerprint density at radius 3 is 2.40 bits per heavy atom. The zero-order chi connectivity index (χ0) is 30.4. The lowest BCUT2D eigenvalue weighted by atomic mass is 9.98. The van der Waals surface area contributed by atoms with Crippen LogP contribution in [0.5, 0.6) is 0 Å². The highest BCUT2D eigenvalue weighted by Crippen LogP contribution is 2.32. The number of carbonyl (C=O) groups is 1. The van der Waals surface area contributed by atoms with Crippen molar-refractivity contribution in [2.75, 3.05) is 19.0 Å². The van der Waals surface area contributed by atoms with E-state index < -0.39 is 74.0 Å². The molecule has 40 heavy (non-hydrogen) atoms. The summed E-state index contributed by atoms with van der Waals surface area (Å²) in [6, 6.07) is 4.79. The van der Waals surface area contributed by atoms with Crippen LogP contribution in [-0.4, -0.2) is 40.3 Å². The van der Waals surface area contributed by atoms with E-state index in [0.717, 1.165) is 12.1 Å². The van der Waals surface area contributed by atoms with Crippen molar-refractivity contribution in [3.8, 4) is 0 Å². The van der Waals surface area contributed by atoms with Crippen molar-refractivity contribution in [3.63, 3.8) is 0 Å². The first kappa shape index (κ1) is 33.2. The number of hydrogen-bond acceptors (Lipinski definition) is 6. The van der Waals surface area contributed by atoms with Gasteiger partial charge in [0.1, 0.15) is 5.82 Å². The van der Waals surface area contributed by atoms with Gasteiger partial charge in [-0.15, -0.1) is 0 Å². The number of rotatable bonds is 13. The van der Waals surface area contributed by atoms with Gasteiger partial charge in [-0.2, -0.15) is 13.1 Å². The highest BCUT2D eigenvalue weighted by atomic mass is 127. The van der Waals surface area contributed by atoms with Crippen LogP contribution in [0.2, 0.25) is 0 Å². The van der Waals surface area contributed by atoms with E-state index in [1.807, 2.05) is 27.3 Å². The van der Waals surface area contributed by atoms with Gasteiger partial charge in [0.05, 0.1) is 29.1 Å². The fourth-order valence-electron chi connectivity index (χ4n) is 3.57. The average Bonchev–Trinajstić information content (AvgIpc) is 2.85. The van der Waals surface area contributed by atoms with Gasteiger partial charge >= 0.3 is 10.2 Å². The molecule has 0 aromatic heterocycles. The second-order valence-electron chi connectivity index (χ2n) is 9.04. The summed E-state index contributed by atoms with van der Waals surface area (Å²) in [6.07, 6.45) is 0.526. The van der Waals surface area contributed by atoms with Crippen LogP contribution in [0.1, 0.15) is 36.7 Å². The van der Waals surface area contributed by atoms with E-state index in [4.69, 9.17) is 10.5 Å². The van der Waals surface area contributed by atoms with Gasteiger partial charge in [-0.05, 0) is 85.5 Å². The number of halogens is 5. The summed E-state index contributed by atoms with van der Waals surface area (Å²) in [5, 5.41) is 2.35. The number of ether oxygens (including phenoxy) is 1. The smallest absolute Gasteiger partial charge is 0.300 e. The van der Waals surface area contributed by atoms with E-state index in [1.165, 1.54) is 46.1 Å². The fraction of sp³-hybridized carbons (Fsp3) is 0.280. The van der Waals surface area contributed by atoms with Gasteiger partial charge in [-0.25, -0.2) is 22.6 Å². The van der Waals surface area contributed by atoms with Crippen molar-refractivity contribution in [2.45, 2.75) is 32.7 Å². The number of methoxy groups -OCH3 is 1. The number of nitrogens with two attached hydrogens (primary N) is 1. The predicted octanol–water partition coefficient (Wildman–Crippen LogP) is 4.73. The molecule has 0 aliphatic rings. The number of carbonyl (C=O) groups excluding carboxylic acids is 1. The van der Waals surface area contributed by atoms with E-state index >= 15 is 13.2 Å². The monoisotopic (exact) mass is 697 g/mol. The number of amides is 1. The highest BCUT2D eigenvalue weighted by molar-refractivity contribution is 14.1. The van der Waals surface area contributed by atoms with Gasteiger partial charge in [-0.1, -0.05) is 6.08 Å². The average molecular weight is 697 g/mol. The summed E-state index contributed by atoms with van der Waals surface area (Å²) >= 11 is 1.86. The molecule has 2 rings (SSSR count). The fourth-order valence-corrected chi connectivity index (χ4v) is 5.27. The third-order valence-electron chi connectivity index (χ3n) is 5.26. The van der Waals surface area contributed by atoms with Crippen LogP contribution in [0, 0.1) is 21.0 Å². The maximum absolute atomic E-state index is 15.4. The topological polar surface area (TPSA) is 135 Å². The Morgan fingerprint density at radius 1 is 1.23 bits per heavy atom. The molecule has 0 aliphatic carbocycles. The summed E-state index contributed by atoms with van der Waals surface area (Å²) < 4.78 is 94.8. The van der Waals surface area contributed by atoms with Gasteiger partial charge in [0, 0.05) is 17.1 Å². The molecule has 2 aromatic carbocycles. The molecule has 0 unspecified atom stereocenters. The largest absolute Gasteiger partial charge is 0.383 e. The van der Waals surface area contributed by atoms with E-state index in [-0.39, 0.29) is 17.9 Å². The van der Waals surface area contributed by atoms with Crippen molar-refractivity contribution >= 4 is 56.8 Å². The van der Waals surface area contributed by atoms with Crippen LogP contribution in [0.25, 0.3) is 0 Å². The van der Waals surface area contributed by atoms with Crippen LogP contribution < -0.4 is 20.5 Å². The van der Waals surface area contributed by atoms with E-state index in [2.05, 4.69) is 21.7 Å². The third kappa shape index (κ3) is 8.49. The van der Waals surface area contributed by atoms with Crippen LogP contribution in [0.4, 0.5) is 28.9 Å². The lowest BCUT2D eigenvalue weighted by Gasteiger charge is -2.25. The molecule has 0 heterocycles. The number of hydrogen-bond donors (Lipinski definition) is 4. The van der Waals surface area contributed by atoms with Crippen LogP contribution in [0.15, 0.2) is 52.6 Å². The van der Waals surface area contributed by atoms with Crippen LogP contribution >= 0.6 is 22.6 Å². The predicted molar refractivity (Wildman–Crippen MR) is 154 cm³/mol. The maximum atomic E-state index is 15.4. The summed E-state index contributed by atoms with van der Waals surface area (Å²) in [5.74, 6) is -7.05. The summed E-state index contributed by atoms with van der Waals surface area (Å²) in [4.78, 5) is 15.5. The zero-order valence-corrected chi connectivity index (χ0v) is 24.9. The number of anilines is 2. The van der Waals surface area contributed by atoms with Gasteiger partial charge < -0.3 is 15.8 Å². The first-order valence-corrected chi connectivity index (χ1v) is 14.0. The van der Waals surface area contributed by atoms with Crippen LogP contribution in [0.3, 0.4) is 0 Å². The Hall–Kier alpha value is -3.02. The van der Waals surface area contributed by atoms with Crippen molar-refractivity contribution in [1.82, 2.24) is 9.44 Å². The van der Waals surface area contributed by atoms with E-state index in [0.29, 0.717) is 3.57 Å². The standard InChI is InChI=1S/C25H28F4IN5O4S/c1-6-13(20(28)24(32-4)34-40(37,38)35-25(2,3)12-39-5)9-14-10-16(23(31)36)22(21(29)19(14)27)33-18-8-7-15(30)11-17(18)26/h6-8,10-11,33-35H,4,9,12H2,1-3,5H3,(H2,31,36)/b13-6-,24-20-. The minimum absolute atomic E-state index is 0.00875. The van der Waals surface area contributed by atoms with Gasteiger partial charge in [-0.3, -0.25) is 9.52 Å². The molecule has 0 radical (unpaired) electrons. The first-order chi connectivity index (χ1) is 18.6. The second-order valence-corrected chi connectivity index (χ2v) is 11.7. The molecule has 0 saturated heterocycles. The molecule has 0 aliphatic heterocycles. The number of nitrogens with one attached hydrogen (secondary N) is 3. The molecule has 15 heteroatoms. The van der Waals surface area contributed by atoms with Gasteiger partial charge in [0.25, 0.3) is 5.91 Å². The number of benzene rings is 2. The van der Waals surface area contributed by atoms with Crippen molar-refractivity contribution in [2.24, 2.45) is 10.7 Å².